The Bertz CT molecular complexity index is 900. The smallest absolute Gasteiger partial charge is 0.202 e. The Hall–Kier alpha value is -1.79. The highest BCUT2D eigenvalue weighted by molar-refractivity contribution is 7.91. The van der Waals surface area contributed by atoms with E-state index in [1.54, 1.807) is 24.3 Å². The molecule has 7 heteroatoms. The normalized spacial score (nSPS) is 19.1. The molecule has 1 fully saturated rings. The van der Waals surface area contributed by atoms with E-state index in [1.807, 2.05) is 24.5 Å². The molecule has 1 aliphatic heterocycles. The van der Waals surface area contributed by atoms with Gasteiger partial charge in [0.1, 0.15) is 5.75 Å². The Labute approximate surface area is 152 Å². The maximum Gasteiger partial charge on any atom is 0.202 e. The highest BCUT2D eigenvalue weighted by atomic mass is 35.5. The summed E-state index contributed by atoms with van der Waals surface area (Å²) in [5, 5.41) is 0.605. The molecule has 2 heterocycles. The predicted molar refractivity (Wildman–Crippen MR) is 97.5 cm³/mol. The summed E-state index contributed by atoms with van der Waals surface area (Å²) in [5.41, 5.74) is 2.27. The molecule has 1 saturated heterocycles. The summed E-state index contributed by atoms with van der Waals surface area (Å²) in [6.45, 7) is 3.68. The van der Waals surface area contributed by atoms with Gasteiger partial charge in [0.25, 0.3) is 0 Å². The Balaban J connectivity index is 1.75. The van der Waals surface area contributed by atoms with E-state index in [0.717, 1.165) is 11.4 Å². The second-order valence-corrected chi connectivity index (χ2v) is 9.04. The van der Waals surface area contributed by atoms with Gasteiger partial charge in [0, 0.05) is 28.0 Å². The number of rotatable bonds is 5. The van der Waals surface area contributed by atoms with Crippen LogP contribution in [0.25, 0.3) is 0 Å². The molecule has 0 radical (unpaired) electrons. The lowest BCUT2D eigenvalue weighted by Crippen LogP contribution is -2.16. The van der Waals surface area contributed by atoms with Crippen molar-refractivity contribution in [3.8, 4) is 5.75 Å². The fourth-order valence-corrected chi connectivity index (χ4v) is 5.18. The second kappa shape index (κ2) is 6.84. The van der Waals surface area contributed by atoms with Crippen molar-refractivity contribution in [3.05, 3.63) is 52.3 Å². The number of Topliss-reactive ketones (excluding diaryl/α,β-unsaturated/α-hetero) is 1. The van der Waals surface area contributed by atoms with E-state index in [0.29, 0.717) is 22.8 Å². The number of aryl methyl sites for hydroxylation is 1. The van der Waals surface area contributed by atoms with E-state index in [9.17, 15) is 13.2 Å². The van der Waals surface area contributed by atoms with Crippen LogP contribution >= 0.6 is 11.6 Å². The number of sulfone groups is 1. The van der Waals surface area contributed by atoms with Crippen molar-refractivity contribution in [2.24, 2.45) is 0 Å². The average molecular weight is 382 g/mol. The molecule has 0 amide bonds. The number of ketones is 1. The minimum atomic E-state index is -2.98. The van der Waals surface area contributed by atoms with Gasteiger partial charge in [-0.25, -0.2) is 8.42 Å². The van der Waals surface area contributed by atoms with Crippen LogP contribution in [0.4, 0.5) is 0 Å². The highest BCUT2D eigenvalue weighted by Gasteiger charge is 2.31. The number of carbonyl (C=O) groups is 1. The van der Waals surface area contributed by atoms with Crippen LogP contribution in [0.2, 0.25) is 5.02 Å². The molecule has 5 nitrogen and oxygen atoms in total. The number of carbonyl (C=O) groups excluding carboxylic acids is 1. The summed E-state index contributed by atoms with van der Waals surface area (Å²) in [6.07, 6.45) is 0.591. The first kappa shape index (κ1) is 18.0. The van der Waals surface area contributed by atoms with E-state index in [4.69, 9.17) is 16.3 Å². The van der Waals surface area contributed by atoms with Crippen molar-refractivity contribution in [1.82, 2.24) is 4.57 Å². The van der Waals surface area contributed by atoms with Crippen LogP contribution in [0.15, 0.2) is 30.3 Å². The fraction of sp³-hybridized carbons (Fsp3) is 0.389. The molecule has 2 aromatic rings. The molecule has 1 atom stereocenters. The maximum absolute atomic E-state index is 12.5. The summed E-state index contributed by atoms with van der Waals surface area (Å²) < 4.78 is 31.0. The first-order chi connectivity index (χ1) is 11.8. The van der Waals surface area contributed by atoms with Gasteiger partial charge in [-0.1, -0.05) is 11.6 Å². The fourth-order valence-electron chi connectivity index (χ4n) is 3.36. The monoisotopic (exact) mass is 381 g/mol. The van der Waals surface area contributed by atoms with E-state index >= 15 is 0 Å². The van der Waals surface area contributed by atoms with Gasteiger partial charge in [-0.2, -0.15) is 0 Å². The van der Waals surface area contributed by atoms with Gasteiger partial charge in [0.05, 0.1) is 11.5 Å². The Kier molecular flexibility index (Phi) is 4.93. The molecular weight excluding hydrogens is 362 g/mol. The lowest BCUT2D eigenvalue weighted by atomic mass is 10.1. The number of hydrogen-bond donors (Lipinski definition) is 0. The number of ether oxygens (including phenoxy) is 1. The van der Waals surface area contributed by atoms with Crippen LogP contribution in [0.1, 0.15) is 34.2 Å². The topological polar surface area (TPSA) is 65.4 Å². The molecule has 0 bridgehead atoms. The molecule has 134 valence electrons. The molecule has 25 heavy (non-hydrogen) atoms. The van der Waals surface area contributed by atoms with E-state index in [-0.39, 0.29) is 29.9 Å². The Morgan fingerprint density at radius 3 is 2.56 bits per heavy atom. The van der Waals surface area contributed by atoms with Crippen molar-refractivity contribution < 1.29 is 17.9 Å². The molecule has 0 N–H and O–H groups in total. The lowest BCUT2D eigenvalue weighted by molar-refractivity contribution is 0.0920. The molecule has 1 aromatic carbocycles. The van der Waals surface area contributed by atoms with Crippen molar-refractivity contribution in [1.29, 1.82) is 0 Å². The van der Waals surface area contributed by atoms with Gasteiger partial charge in [-0.15, -0.1) is 0 Å². The van der Waals surface area contributed by atoms with E-state index in [2.05, 4.69) is 0 Å². The van der Waals surface area contributed by atoms with E-state index < -0.39 is 9.84 Å². The van der Waals surface area contributed by atoms with Gasteiger partial charge >= 0.3 is 0 Å². The van der Waals surface area contributed by atoms with Crippen LogP contribution < -0.4 is 4.74 Å². The minimum Gasteiger partial charge on any atom is -0.485 e. The van der Waals surface area contributed by atoms with Gasteiger partial charge in [0.2, 0.25) is 5.78 Å². The summed E-state index contributed by atoms with van der Waals surface area (Å²) in [6, 6.07) is 8.55. The molecule has 0 aliphatic carbocycles. The summed E-state index contributed by atoms with van der Waals surface area (Å²) in [5.74, 6) is 0.791. The van der Waals surface area contributed by atoms with Crippen LogP contribution in [0.5, 0.6) is 5.75 Å². The number of hydrogen-bond acceptors (Lipinski definition) is 4. The van der Waals surface area contributed by atoms with Crippen LogP contribution in [0, 0.1) is 13.8 Å². The molecule has 1 aliphatic rings. The number of aromatic nitrogens is 1. The maximum atomic E-state index is 12.5. The molecule has 3 rings (SSSR count). The third-order valence-electron chi connectivity index (χ3n) is 4.54. The molecule has 0 saturated carbocycles. The second-order valence-electron chi connectivity index (χ2n) is 6.38. The number of benzene rings is 1. The zero-order chi connectivity index (χ0) is 18.2. The van der Waals surface area contributed by atoms with Gasteiger partial charge < -0.3 is 9.30 Å². The zero-order valence-electron chi connectivity index (χ0n) is 14.2. The van der Waals surface area contributed by atoms with Crippen molar-refractivity contribution >= 4 is 27.2 Å². The lowest BCUT2D eigenvalue weighted by Gasteiger charge is -2.16. The van der Waals surface area contributed by atoms with Crippen molar-refractivity contribution in [2.75, 3.05) is 18.1 Å². The predicted octanol–water partition coefficient (Wildman–Crippen LogP) is 3.38. The van der Waals surface area contributed by atoms with Gasteiger partial charge in [0.15, 0.2) is 16.4 Å². The molecule has 0 unspecified atom stereocenters. The van der Waals surface area contributed by atoms with Crippen LogP contribution in [-0.4, -0.2) is 36.9 Å². The van der Waals surface area contributed by atoms with Crippen LogP contribution in [0.3, 0.4) is 0 Å². The SMILES string of the molecule is Cc1cc(C(=O)COc2ccc(Cl)cc2)c(C)n1[C@@H]1CCS(=O)(=O)C1. The summed E-state index contributed by atoms with van der Waals surface area (Å²) in [7, 11) is -2.98. The molecule has 0 spiro atoms. The Morgan fingerprint density at radius 1 is 1.28 bits per heavy atom. The van der Waals surface area contributed by atoms with Gasteiger partial charge in [-0.05, 0) is 50.6 Å². The van der Waals surface area contributed by atoms with E-state index in [1.165, 1.54) is 0 Å². The summed E-state index contributed by atoms with van der Waals surface area (Å²) >= 11 is 5.83. The minimum absolute atomic E-state index is 0.0745. The Morgan fingerprint density at radius 2 is 1.96 bits per heavy atom. The van der Waals surface area contributed by atoms with Crippen LogP contribution in [-0.2, 0) is 9.84 Å². The first-order valence-corrected chi connectivity index (χ1v) is 10.3. The standard InChI is InChI=1S/C18H20ClNO4S/c1-12-9-17(13(2)20(12)15-7-8-25(22,23)11-15)18(21)10-24-16-5-3-14(19)4-6-16/h3-6,9,15H,7-8,10-11H2,1-2H3/t15-/m1/s1. The first-order valence-electron chi connectivity index (χ1n) is 8.07. The summed E-state index contributed by atoms with van der Waals surface area (Å²) in [4.78, 5) is 12.5. The largest absolute Gasteiger partial charge is 0.485 e. The van der Waals surface area contributed by atoms with Crippen molar-refractivity contribution in [2.45, 2.75) is 26.3 Å². The third-order valence-corrected chi connectivity index (χ3v) is 6.54. The number of halogens is 1. The zero-order valence-corrected chi connectivity index (χ0v) is 15.7. The molecule has 1 aromatic heterocycles. The molecular formula is C18H20ClNO4S. The third kappa shape index (κ3) is 3.90. The highest BCUT2D eigenvalue weighted by Crippen LogP contribution is 2.29. The quantitative estimate of drug-likeness (QED) is 0.745. The number of nitrogens with zero attached hydrogens (tertiary/aromatic N) is 1. The van der Waals surface area contributed by atoms with Gasteiger partial charge in [-0.3, -0.25) is 4.79 Å². The van der Waals surface area contributed by atoms with Crippen molar-refractivity contribution in [3.63, 3.8) is 0 Å². The average Bonchev–Trinajstić information content (AvgIpc) is 3.05.